The largest absolute Gasteiger partial charge is 0.341 e. The van der Waals surface area contributed by atoms with Crippen molar-refractivity contribution in [2.45, 2.75) is 58.7 Å². The summed E-state index contributed by atoms with van der Waals surface area (Å²) in [6.45, 7) is 11.4. The van der Waals surface area contributed by atoms with Crippen LogP contribution in [0.2, 0.25) is 0 Å². The van der Waals surface area contributed by atoms with E-state index in [1.807, 2.05) is 6.92 Å². The maximum atomic E-state index is 13.7. The number of fused-ring (bicyclic) bond motifs is 3. The van der Waals surface area contributed by atoms with Crippen LogP contribution in [-0.2, 0) is 11.3 Å². The molecule has 0 spiro atoms. The molecule has 5 rings (SSSR count). The van der Waals surface area contributed by atoms with Gasteiger partial charge in [0.2, 0.25) is 5.91 Å². The van der Waals surface area contributed by atoms with Gasteiger partial charge in [0.15, 0.2) is 0 Å². The molecule has 162 valence electrons. The molecule has 2 aromatic rings. The number of aryl methyl sites for hydroxylation is 1. The molecule has 3 aliphatic heterocycles. The monoisotopic (exact) mass is 413 g/mol. The lowest BCUT2D eigenvalue weighted by molar-refractivity contribution is -0.133. The highest BCUT2D eigenvalue weighted by molar-refractivity contribution is 5.79. The summed E-state index contributed by atoms with van der Waals surface area (Å²) in [6.07, 6.45) is 3.41. The second-order valence-electron chi connectivity index (χ2n) is 10.3. The van der Waals surface area contributed by atoms with E-state index < -0.39 is 0 Å². The summed E-state index contributed by atoms with van der Waals surface area (Å²) in [5.41, 5.74) is 2.73. The first kappa shape index (κ1) is 19.9. The molecule has 3 aliphatic rings. The molecule has 2 bridgehead atoms. The summed E-state index contributed by atoms with van der Waals surface area (Å²) in [6, 6.07) is 3.93. The van der Waals surface area contributed by atoms with Crippen molar-refractivity contribution in [1.82, 2.24) is 24.7 Å². The average Bonchev–Trinajstić information content (AvgIpc) is 3.29. The molecule has 7 heteroatoms. The maximum Gasteiger partial charge on any atom is 0.236 e. The van der Waals surface area contributed by atoms with Gasteiger partial charge in [0.1, 0.15) is 11.6 Å². The van der Waals surface area contributed by atoms with Crippen LogP contribution in [0.5, 0.6) is 0 Å². The number of halogens is 1. The van der Waals surface area contributed by atoms with Gasteiger partial charge in [-0.1, -0.05) is 13.8 Å². The Labute approximate surface area is 177 Å². The summed E-state index contributed by atoms with van der Waals surface area (Å²) in [7, 11) is 0. The van der Waals surface area contributed by atoms with E-state index in [2.05, 4.69) is 33.5 Å². The van der Waals surface area contributed by atoms with Gasteiger partial charge in [0.25, 0.3) is 0 Å². The lowest BCUT2D eigenvalue weighted by Gasteiger charge is -2.41. The van der Waals surface area contributed by atoms with Crippen LogP contribution in [-0.4, -0.2) is 75.4 Å². The number of amides is 1. The Hall–Kier alpha value is -1.99. The number of benzene rings is 1. The topological polar surface area (TPSA) is 55.5 Å². The number of hydrogen-bond donors (Lipinski definition) is 1. The molecule has 3 fully saturated rings. The Morgan fingerprint density at radius 2 is 2.00 bits per heavy atom. The molecule has 3 saturated heterocycles. The number of nitrogens with one attached hydrogen (secondary N) is 1. The van der Waals surface area contributed by atoms with E-state index in [0.717, 1.165) is 74.4 Å². The Bertz CT molecular complexity index is 956. The van der Waals surface area contributed by atoms with E-state index in [1.165, 1.54) is 12.1 Å². The normalized spacial score (nSPS) is 26.7. The molecule has 0 aliphatic carbocycles. The molecule has 1 aromatic heterocycles. The number of rotatable bonds is 4. The van der Waals surface area contributed by atoms with Gasteiger partial charge in [0, 0.05) is 38.3 Å². The van der Waals surface area contributed by atoms with Crippen molar-refractivity contribution in [3.63, 3.8) is 0 Å². The lowest BCUT2D eigenvalue weighted by Crippen LogP contribution is -2.56. The number of aromatic nitrogens is 2. The standard InChI is InChI=1S/C23H32FN5O/c1-15-8-16(24)9-19-22(15)26-20(25-19)12-27-10-17-4-5-18(11-27)29(17)13-21(30)28-7-6-23(2,3)14-28/h8-9,17-18H,4-7,10-14H2,1-3H3,(H,25,26). The van der Waals surface area contributed by atoms with Crippen LogP contribution in [0.3, 0.4) is 0 Å². The van der Waals surface area contributed by atoms with Crippen molar-refractivity contribution in [2.24, 2.45) is 5.41 Å². The predicted octanol–water partition coefficient (Wildman–Crippen LogP) is 2.92. The van der Waals surface area contributed by atoms with Gasteiger partial charge < -0.3 is 9.88 Å². The Balaban J connectivity index is 1.22. The number of carbonyl (C=O) groups excluding carboxylic acids is 1. The number of H-pyrrole nitrogens is 1. The van der Waals surface area contributed by atoms with Crippen LogP contribution in [0.1, 0.15) is 44.5 Å². The number of piperazine rings is 1. The summed E-state index contributed by atoms with van der Waals surface area (Å²) in [5, 5.41) is 0. The molecule has 0 saturated carbocycles. The van der Waals surface area contributed by atoms with Gasteiger partial charge in [0.05, 0.1) is 24.1 Å². The van der Waals surface area contributed by atoms with Gasteiger partial charge >= 0.3 is 0 Å². The van der Waals surface area contributed by atoms with Crippen LogP contribution in [0.15, 0.2) is 12.1 Å². The van der Waals surface area contributed by atoms with E-state index in [-0.39, 0.29) is 11.2 Å². The average molecular weight is 414 g/mol. The molecular weight excluding hydrogens is 381 g/mol. The van der Waals surface area contributed by atoms with E-state index in [0.29, 0.717) is 24.5 Å². The molecule has 2 atom stereocenters. The molecule has 4 heterocycles. The summed E-state index contributed by atoms with van der Waals surface area (Å²) >= 11 is 0. The SMILES string of the molecule is Cc1cc(F)cc2[nH]c(CN3CC4CCC(C3)N4CC(=O)N3CCC(C)(C)C3)nc12. The first-order chi connectivity index (χ1) is 14.3. The van der Waals surface area contributed by atoms with Crippen molar-refractivity contribution in [3.8, 4) is 0 Å². The minimum absolute atomic E-state index is 0.229. The van der Waals surface area contributed by atoms with E-state index in [9.17, 15) is 9.18 Å². The maximum absolute atomic E-state index is 13.7. The number of imidazole rings is 1. The van der Waals surface area contributed by atoms with E-state index in [4.69, 9.17) is 4.98 Å². The number of nitrogens with zero attached hydrogens (tertiary/aromatic N) is 4. The predicted molar refractivity (Wildman–Crippen MR) is 115 cm³/mol. The molecular formula is C23H32FN5O. The summed E-state index contributed by atoms with van der Waals surface area (Å²) in [4.78, 5) is 27.8. The highest BCUT2D eigenvalue weighted by atomic mass is 19.1. The third-order valence-electron chi connectivity index (χ3n) is 7.22. The van der Waals surface area contributed by atoms with Crippen molar-refractivity contribution in [1.29, 1.82) is 0 Å². The van der Waals surface area contributed by atoms with Gasteiger partial charge in [-0.2, -0.15) is 0 Å². The zero-order chi connectivity index (χ0) is 21.0. The van der Waals surface area contributed by atoms with Gasteiger partial charge in [-0.05, 0) is 49.3 Å². The second kappa shape index (κ2) is 7.31. The van der Waals surface area contributed by atoms with Crippen LogP contribution in [0, 0.1) is 18.2 Å². The van der Waals surface area contributed by atoms with Crippen molar-refractivity contribution < 1.29 is 9.18 Å². The molecule has 1 aromatic carbocycles. The molecule has 6 nitrogen and oxygen atoms in total. The zero-order valence-electron chi connectivity index (χ0n) is 18.2. The van der Waals surface area contributed by atoms with Crippen molar-refractivity contribution >= 4 is 16.9 Å². The molecule has 1 amide bonds. The fourth-order valence-corrected chi connectivity index (χ4v) is 5.63. The minimum atomic E-state index is -0.229. The zero-order valence-corrected chi connectivity index (χ0v) is 18.2. The van der Waals surface area contributed by atoms with E-state index >= 15 is 0 Å². The van der Waals surface area contributed by atoms with Crippen molar-refractivity contribution in [3.05, 3.63) is 29.3 Å². The number of carbonyl (C=O) groups is 1. The van der Waals surface area contributed by atoms with Crippen LogP contribution >= 0.6 is 0 Å². The third kappa shape index (κ3) is 3.73. The summed E-state index contributed by atoms with van der Waals surface area (Å²) < 4.78 is 13.7. The molecule has 1 N–H and O–H groups in total. The van der Waals surface area contributed by atoms with E-state index in [1.54, 1.807) is 0 Å². The Morgan fingerprint density at radius 1 is 1.27 bits per heavy atom. The first-order valence-electron chi connectivity index (χ1n) is 11.2. The minimum Gasteiger partial charge on any atom is -0.341 e. The number of aromatic amines is 1. The van der Waals surface area contributed by atoms with Gasteiger partial charge in [-0.15, -0.1) is 0 Å². The van der Waals surface area contributed by atoms with Crippen LogP contribution in [0.4, 0.5) is 4.39 Å². The quantitative estimate of drug-likeness (QED) is 0.838. The molecule has 30 heavy (non-hydrogen) atoms. The second-order valence-corrected chi connectivity index (χ2v) is 10.3. The fourth-order valence-electron chi connectivity index (χ4n) is 5.63. The molecule has 2 unspecified atom stereocenters. The smallest absolute Gasteiger partial charge is 0.236 e. The van der Waals surface area contributed by atoms with Gasteiger partial charge in [-0.3, -0.25) is 14.6 Å². The highest BCUT2D eigenvalue weighted by Crippen LogP contribution is 2.33. The highest BCUT2D eigenvalue weighted by Gasteiger charge is 2.42. The number of hydrogen-bond acceptors (Lipinski definition) is 4. The first-order valence-corrected chi connectivity index (χ1v) is 11.2. The van der Waals surface area contributed by atoms with Crippen molar-refractivity contribution in [2.75, 3.05) is 32.7 Å². The summed E-state index contributed by atoms with van der Waals surface area (Å²) in [5.74, 6) is 0.954. The third-order valence-corrected chi connectivity index (χ3v) is 7.22. The van der Waals surface area contributed by atoms with Crippen LogP contribution < -0.4 is 0 Å². The Morgan fingerprint density at radius 3 is 2.67 bits per heavy atom. The van der Waals surface area contributed by atoms with Crippen LogP contribution in [0.25, 0.3) is 11.0 Å². The Kier molecular flexibility index (Phi) is 4.86. The number of likely N-dealkylation sites (tertiary alicyclic amines) is 2. The lowest BCUT2D eigenvalue weighted by atomic mass is 9.93. The van der Waals surface area contributed by atoms with Gasteiger partial charge in [-0.25, -0.2) is 9.37 Å². The molecule has 0 radical (unpaired) electrons. The fraction of sp³-hybridized carbons (Fsp3) is 0.652.